The van der Waals surface area contributed by atoms with Crippen molar-refractivity contribution in [2.45, 2.75) is 13.3 Å². The molecule has 3 heterocycles. The molecule has 1 aliphatic rings. The first-order valence-corrected chi connectivity index (χ1v) is 11.3. The number of fused-ring (bicyclic) bond motifs is 1. The first-order chi connectivity index (χ1) is 15.5. The molecule has 1 aliphatic heterocycles. The molecule has 0 unspecified atom stereocenters. The van der Waals surface area contributed by atoms with E-state index in [0.29, 0.717) is 44.7 Å². The molecule has 0 bridgehead atoms. The van der Waals surface area contributed by atoms with Crippen LogP contribution >= 0.6 is 22.9 Å². The maximum absolute atomic E-state index is 13.2. The van der Waals surface area contributed by atoms with Gasteiger partial charge in [0.15, 0.2) is 0 Å². The summed E-state index contributed by atoms with van der Waals surface area (Å²) >= 11 is 7.73. The molecule has 5 rings (SSSR count). The number of amides is 2. The average molecular weight is 464 g/mol. The second-order valence-electron chi connectivity index (χ2n) is 7.42. The van der Waals surface area contributed by atoms with Crippen LogP contribution < -0.4 is 10.2 Å². The second kappa shape index (κ2) is 8.26. The Morgan fingerprint density at radius 2 is 2.00 bits per heavy atom. The van der Waals surface area contributed by atoms with Gasteiger partial charge in [-0.2, -0.15) is 0 Å². The fourth-order valence-electron chi connectivity index (χ4n) is 3.87. The standard InChI is InChI=1S/C24H18ClN3O3S/c1-14-21(22(27-31-14)17-5-2-3-6-18(17)25)23(29)26-16-9-8-15-10-11-28(19(15)13-16)24(30)20-7-4-12-32-20/h2-9,12-13H,10-11H2,1H3,(H,26,29). The molecule has 1 N–H and O–H groups in total. The van der Waals surface area contributed by atoms with Gasteiger partial charge >= 0.3 is 0 Å². The summed E-state index contributed by atoms with van der Waals surface area (Å²) in [4.78, 5) is 28.5. The third kappa shape index (κ3) is 3.59. The van der Waals surface area contributed by atoms with E-state index in [9.17, 15) is 9.59 Å². The molecule has 32 heavy (non-hydrogen) atoms. The molecule has 0 radical (unpaired) electrons. The molecular formula is C24H18ClN3O3S. The minimum atomic E-state index is -0.354. The number of aryl methyl sites for hydroxylation is 1. The molecule has 0 aliphatic carbocycles. The highest BCUT2D eigenvalue weighted by Gasteiger charge is 2.27. The van der Waals surface area contributed by atoms with Crippen LogP contribution in [0.15, 0.2) is 64.5 Å². The Morgan fingerprint density at radius 1 is 1.16 bits per heavy atom. The van der Waals surface area contributed by atoms with E-state index in [1.165, 1.54) is 11.3 Å². The van der Waals surface area contributed by atoms with Crippen molar-refractivity contribution in [2.24, 2.45) is 0 Å². The molecule has 8 heteroatoms. The van der Waals surface area contributed by atoms with Gasteiger partial charge in [-0.3, -0.25) is 9.59 Å². The normalized spacial score (nSPS) is 12.6. The zero-order chi connectivity index (χ0) is 22.2. The lowest BCUT2D eigenvalue weighted by molar-refractivity contribution is 0.0991. The van der Waals surface area contributed by atoms with E-state index in [2.05, 4.69) is 10.5 Å². The number of carbonyl (C=O) groups excluding carboxylic acids is 2. The third-order valence-electron chi connectivity index (χ3n) is 5.43. The summed E-state index contributed by atoms with van der Waals surface area (Å²) in [5.41, 5.74) is 3.81. The van der Waals surface area contributed by atoms with Crippen molar-refractivity contribution in [3.63, 3.8) is 0 Å². The lowest BCUT2D eigenvalue weighted by Crippen LogP contribution is -2.28. The molecule has 0 saturated heterocycles. The molecule has 0 fully saturated rings. The molecule has 4 aromatic rings. The molecule has 2 aromatic heterocycles. The maximum atomic E-state index is 13.2. The van der Waals surface area contributed by atoms with Gasteiger partial charge in [-0.1, -0.05) is 47.1 Å². The zero-order valence-electron chi connectivity index (χ0n) is 17.1. The Balaban J connectivity index is 1.44. The molecule has 6 nitrogen and oxygen atoms in total. The fraction of sp³-hybridized carbons (Fsp3) is 0.125. The highest BCUT2D eigenvalue weighted by molar-refractivity contribution is 7.12. The van der Waals surface area contributed by atoms with Crippen molar-refractivity contribution in [2.75, 3.05) is 16.8 Å². The van der Waals surface area contributed by atoms with E-state index in [0.717, 1.165) is 17.7 Å². The number of benzene rings is 2. The highest BCUT2D eigenvalue weighted by Crippen LogP contribution is 2.34. The summed E-state index contributed by atoms with van der Waals surface area (Å²) in [7, 11) is 0. The van der Waals surface area contributed by atoms with Crippen molar-refractivity contribution >= 4 is 46.1 Å². The van der Waals surface area contributed by atoms with Gasteiger partial charge in [0, 0.05) is 23.5 Å². The van der Waals surface area contributed by atoms with E-state index < -0.39 is 0 Å². The third-order valence-corrected chi connectivity index (χ3v) is 6.62. The second-order valence-corrected chi connectivity index (χ2v) is 8.78. The average Bonchev–Trinajstić information content (AvgIpc) is 3.53. The Morgan fingerprint density at radius 3 is 2.78 bits per heavy atom. The summed E-state index contributed by atoms with van der Waals surface area (Å²) in [5.74, 6) is 0.0129. The van der Waals surface area contributed by atoms with Crippen LogP contribution in [-0.2, 0) is 6.42 Å². The van der Waals surface area contributed by atoms with E-state index >= 15 is 0 Å². The van der Waals surface area contributed by atoms with Gasteiger partial charge in [-0.15, -0.1) is 11.3 Å². The van der Waals surface area contributed by atoms with Crippen molar-refractivity contribution in [3.05, 3.63) is 86.8 Å². The number of rotatable bonds is 4. The number of hydrogen-bond donors (Lipinski definition) is 1. The molecule has 2 amide bonds. The summed E-state index contributed by atoms with van der Waals surface area (Å²) in [5, 5.41) is 9.35. The van der Waals surface area contributed by atoms with E-state index in [1.807, 2.05) is 47.8 Å². The minimum Gasteiger partial charge on any atom is -0.360 e. The first kappa shape index (κ1) is 20.5. The number of hydrogen-bond acceptors (Lipinski definition) is 5. The van der Waals surface area contributed by atoms with E-state index in [1.54, 1.807) is 24.0 Å². The summed E-state index contributed by atoms with van der Waals surface area (Å²) in [6.45, 7) is 2.30. The quantitative estimate of drug-likeness (QED) is 0.413. The number of nitrogens with one attached hydrogen (secondary N) is 1. The SMILES string of the molecule is Cc1onc(-c2ccccc2Cl)c1C(=O)Nc1ccc2c(c1)N(C(=O)c1cccs1)CC2. The lowest BCUT2D eigenvalue weighted by Gasteiger charge is -2.17. The lowest BCUT2D eigenvalue weighted by atomic mass is 10.1. The van der Waals surface area contributed by atoms with Crippen molar-refractivity contribution in [3.8, 4) is 11.3 Å². The molecule has 160 valence electrons. The summed E-state index contributed by atoms with van der Waals surface area (Å²) in [6.07, 6.45) is 0.780. The number of halogens is 1. The van der Waals surface area contributed by atoms with Crippen LogP contribution in [0.25, 0.3) is 11.3 Å². The van der Waals surface area contributed by atoms with Gasteiger partial charge in [0.1, 0.15) is 17.0 Å². The Labute approximate surface area is 193 Å². The highest BCUT2D eigenvalue weighted by atomic mass is 35.5. The summed E-state index contributed by atoms with van der Waals surface area (Å²) < 4.78 is 5.31. The van der Waals surface area contributed by atoms with Gasteiger partial charge in [0.2, 0.25) is 0 Å². The van der Waals surface area contributed by atoms with Crippen molar-refractivity contribution in [1.29, 1.82) is 0 Å². The van der Waals surface area contributed by atoms with Crippen molar-refractivity contribution < 1.29 is 14.1 Å². The Hall–Kier alpha value is -3.42. The molecule has 0 atom stereocenters. The fourth-order valence-corrected chi connectivity index (χ4v) is 4.77. The van der Waals surface area contributed by atoms with Crippen molar-refractivity contribution in [1.82, 2.24) is 5.16 Å². The van der Waals surface area contributed by atoms with Crippen LogP contribution in [0.4, 0.5) is 11.4 Å². The number of thiophene rings is 1. The zero-order valence-corrected chi connectivity index (χ0v) is 18.7. The minimum absolute atomic E-state index is 0.0295. The number of aromatic nitrogens is 1. The van der Waals surface area contributed by atoms with Gasteiger partial charge in [-0.05, 0) is 48.6 Å². The van der Waals surface area contributed by atoms with Crippen LogP contribution in [0.3, 0.4) is 0 Å². The van der Waals surface area contributed by atoms with Crippen LogP contribution in [-0.4, -0.2) is 23.5 Å². The molecule has 0 spiro atoms. The largest absolute Gasteiger partial charge is 0.360 e. The Bertz CT molecular complexity index is 1330. The predicted octanol–water partition coefficient (Wildman–Crippen LogP) is 5.82. The van der Waals surface area contributed by atoms with Crippen LogP contribution in [0.5, 0.6) is 0 Å². The van der Waals surface area contributed by atoms with Crippen LogP contribution in [0.1, 0.15) is 31.4 Å². The molecule has 2 aromatic carbocycles. The number of carbonyl (C=O) groups is 2. The first-order valence-electron chi connectivity index (χ1n) is 10.0. The summed E-state index contributed by atoms with van der Waals surface area (Å²) in [6, 6.07) is 16.5. The van der Waals surface area contributed by atoms with Gasteiger partial charge in [-0.25, -0.2) is 0 Å². The number of nitrogens with zero attached hydrogens (tertiary/aromatic N) is 2. The Kier molecular flexibility index (Phi) is 5.28. The van der Waals surface area contributed by atoms with Gasteiger partial charge in [0.05, 0.1) is 9.90 Å². The smallest absolute Gasteiger partial charge is 0.268 e. The maximum Gasteiger partial charge on any atom is 0.268 e. The number of anilines is 2. The monoisotopic (exact) mass is 463 g/mol. The van der Waals surface area contributed by atoms with Crippen LogP contribution in [0, 0.1) is 6.92 Å². The van der Waals surface area contributed by atoms with Gasteiger partial charge in [0.25, 0.3) is 11.8 Å². The van der Waals surface area contributed by atoms with E-state index in [4.69, 9.17) is 16.1 Å². The van der Waals surface area contributed by atoms with Gasteiger partial charge < -0.3 is 14.7 Å². The molecular weight excluding hydrogens is 446 g/mol. The predicted molar refractivity (Wildman–Crippen MR) is 126 cm³/mol. The molecule has 0 saturated carbocycles. The van der Waals surface area contributed by atoms with Crippen LogP contribution in [0.2, 0.25) is 5.02 Å². The van der Waals surface area contributed by atoms with E-state index in [-0.39, 0.29) is 11.8 Å². The topological polar surface area (TPSA) is 75.4 Å².